The van der Waals surface area contributed by atoms with Crippen molar-refractivity contribution in [2.75, 3.05) is 0 Å². The zero-order chi connectivity index (χ0) is 7.72. The molecule has 0 aromatic carbocycles. The lowest BCUT2D eigenvalue weighted by Crippen LogP contribution is -2.11. The predicted octanol–water partition coefficient (Wildman–Crippen LogP) is 1.54. The smallest absolute Gasteiger partial charge is 0.140 e. The van der Waals surface area contributed by atoms with E-state index in [1.807, 2.05) is 6.92 Å². The predicted molar refractivity (Wildman–Crippen MR) is 38.3 cm³/mol. The second kappa shape index (κ2) is 2.17. The Labute approximate surface area is 58.8 Å². The zero-order valence-electron chi connectivity index (χ0n) is 5.63. The minimum Gasteiger partial charge on any atom is -0.506 e. The van der Waals surface area contributed by atoms with E-state index in [2.05, 4.69) is 0 Å². The van der Waals surface area contributed by atoms with Crippen molar-refractivity contribution in [1.82, 2.24) is 0 Å². The molecule has 0 heterocycles. The molecule has 0 saturated heterocycles. The molecule has 0 aromatic heterocycles. The molecule has 3 nitrogen and oxygen atoms in total. The standard InChI is InChI=1S/C7H9NO2/c1-4-2-5(9)7(8)6(10)3-4/h2-4,8-10H,1H3. The molecule has 0 aliphatic heterocycles. The Balaban J connectivity index is 2.94. The Kier molecular flexibility index (Phi) is 1.49. The lowest BCUT2D eigenvalue weighted by molar-refractivity contribution is 0.402. The molecule has 0 fully saturated rings. The van der Waals surface area contributed by atoms with Crippen LogP contribution >= 0.6 is 0 Å². The van der Waals surface area contributed by atoms with Gasteiger partial charge >= 0.3 is 0 Å². The number of aliphatic hydroxyl groups excluding tert-OH is 2. The molecular weight excluding hydrogens is 130 g/mol. The topological polar surface area (TPSA) is 64.3 Å². The van der Waals surface area contributed by atoms with Gasteiger partial charge in [0.1, 0.15) is 17.2 Å². The van der Waals surface area contributed by atoms with Gasteiger partial charge in [0.25, 0.3) is 0 Å². The highest BCUT2D eigenvalue weighted by molar-refractivity contribution is 6.07. The van der Waals surface area contributed by atoms with E-state index in [4.69, 9.17) is 15.6 Å². The molecule has 0 spiro atoms. The van der Waals surface area contributed by atoms with E-state index in [0.29, 0.717) is 0 Å². The Hall–Kier alpha value is -1.25. The monoisotopic (exact) mass is 139 g/mol. The first-order chi connectivity index (χ1) is 4.61. The van der Waals surface area contributed by atoms with E-state index in [9.17, 15) is 0 Å². The van der Waals surface area contributed by atoms with Crippen molar-refractivity contribution >= 4 is 5.71 Å². The molecule has 0 radical (unpaired) electrons. The number of nitrogens with one attached hydrogen (secondary N) is 1. The Bertz CT molecular complexity index is 206. The van der Waals surface area contributed by atoms with Crippen molar-refractivity contribution in [2.24, 2.45) is 5.92 Å². The van der Waals surface area contributed by atoms with Crippen LogP contribution in [0.15, 0.2) is 23.7 Å². The van der Waals surface area contributed by atoms with Crippen molar-refractivity contribution in [2.45, 2.75) is 6.92 Å². The molecule has 1 aliphatic rings. The van der Waals surface area contributed by atoms with Crippen LogP contribution in [0, 0.1) is 11.3 Å². The molecule has 3 N–H and O–H groups in total. The van der Waals surface area contributed by atoms with Gasteiger partial charge in [0.15, 0.2) is 0 Å². The van der Waals surface area contributed by atoms with E-state index in [-0.39, 0.29) is 23.1 Å². The van der Waals surface area contributed by atoms with Gasteiger partial charge in [-0.25, -0.2) is 0 Å². The number of hydrogen-bond acceptors (Lipinski definition) is 3. The van der Waals surface area contributed by atoms with Crippen LogP contribution in [0.1, 0.15) is 6.92 Å². The van der Waals surface area contributed by atoms with Crippen LogP contribution in [0.25, 0.3) is 0 Å². The van der Waals surface area contributed by atoms with E-state index in [0.717, 1.165) is 0 Å². The first kappa shape index (κ1) is 6.86. The number of allylic oxidation sites excluding steroid dienone is 2. The quantitative estimate of drug-likeness (QED) is 0.476. The number of rotatable bonds is 0. The molecule has 1 aliphatic carbocycles. The molecule has 54 valence electrons. The third-order valence-electron chi connectivity index (χ3n) is 1.35. The highest BCUT2D eigenvalue weighted by Gasteiger charge is 2.14. The average molecular weight is 139 g/mol. The highest BCUT2D eigenvalue weighted by atomic mass is 16.3. The van der Waals surface area contributed by atoms with Crippen molar-refractivity contribution in [3.63, 3.8) is 0 Å². The van der Waals surface area contributed by atoms with Gasteiger partial charge in [0, 0.05) is 0 Å². The maximum absolute atomic E-state index is 8.95. The number of aliphatic hydroxyl groups is 2. The molecule has 10 heavy (non-hydrogen) atoms. The molecule has 0 unspecified atom stereocenters. The van der Waals surface area contributed by atoms with Gasteiger partial charge in [0.2, 0.25) is 0 Å². The molecular formula is C7H9NO2. The number of hydrogen-bond donors (Lipinski definition) is 3. The molecule has 0 atom stereocenters. The summed E-state index contributed by atoms with van der Waals surface area (Å²) in [4.78, 5) is 0. The van der Waals surface area contributed by atoms with Gasteiger partial charge in [-0.05, 0) is 18.1 Å². The summed E-state index contributed by atoms with van der Waals surface area (Å²) in [5, 5.41) is 25.0. The summed E-state index contributed by atoms with van der Waals surface area (Å²) in [6, 6.07) is 0. The molecule has 0 bridgehead atoms. The molecule has 0 saturated carbocycles. The Morgan fingerprint density at radius 2 is 1.70 bits per heavy atom. The van der Waals surface area contributed by atoms with Crippen LogP contribution in [0.4, 0.5) is 0 Å². The van der Waals surface area contributed by atoms with E-state index >= 15 is 0 Å². The van der Waals surface area contributed by atoms with E-state index in [1.54, 1.807) is 0 Å². The minimum absolute atomic E-state index is 0.00843. The van der Waals surface area contributed by atoms with Crippen LogP contribution in [-0.4, -0.2) is 15.9 Å². The highest BCUT2D eigenvalue weighted by Crippen LogP contribution is 2.15. The van der Waals surface area contributed by atoms with Crippen LogP contribution < -0.4 is 0 Å². The van der Waals surface area contributed by atoms with Crippen molar-refractivity contribution in [1.29, 1.82) is 5.41 Å². The lowest BCUT2D eigenvalue weighted by Gasteiger charge is -2.10. The first-order valence-corrected chi connectivity index (χ1v) is 3.02. The van der Waals surface area contributed by atoms with Gasteiger partial charge in [-0.1, -0.05) is 6.92 Å². The van der Waals surface area contributed by atoms with Crippen LogP contribution in [0.5, 0.6) is 0 Å². The first-order valence-electron chi connectivity index (χ1n) is 3.02. The third-order valence-corrected chi connectivity index (χ3v) is 1.35. The van der Waals surface area contributed by atoms with E-state index in [1.165, 1.54) is 12.2 Å². The molecule has 0 amide bonds. The normalized spacial score (nSPS) is 25.7. The summed E-state index contributed by atoms with van der Waals surface area (Å²) in [6.07, 6.45) is 3.03. The van der Waals surface area contributed by atoms with Gasteiger partial charge < -0.3 is 10.2 Å². The van der Waals surface area contributed by atoms with Crippen molar-refractivity contribution in [3.8, 4) is 0 Å². The van der Waals surface area contributed by atoms with Crippen LogP contribution in [0.2, 0.25) is 0 Å². The Morgan fingerprint density at radius 3 is 2.10 bits per heavy atom. The summed E-state index contributed by atoms with van der Waals surface area (Å²) in [6.45, 7) is 1.82. The van der Waals surface area contributed by atoms with E-state index < -0.39 is 0 Å². The largest absolute Gasteiger partial charge is 0.506 e. The van der Waals surface area contributed by atoms with Crippen LogP contribution in [-0.2, 0) is 0 Å². The fraction of sp³-hybridized carbons (Fsp3) is 0.286. The summed E-state index contributed by atoms with van der Waals surface area (Å²) in [7, 11) is 0. The Morgan fingerprint density at radius 1 is 1.30 bits per heavy atom. The summed E-state index contributed by atoms with van der Waals surface area (Å²) in [5.74, 6) is -0.283. The molecule has 3 heteroatoms. The van der Waals surface area contributed by atoms with Gasteiger partial charge in [-0.2, -0.15) is 0 Å². The summed E-state index contributed by atoms with van der Waals surface area (Å²) < 4.78 is 0. The van der Waals surface area contributed by atoms with Gasteiger partial charge in [-0.15, -0.1) is 0 Å². The fourth-order valence-corrected chi connectivity index (χ4v) is 0.844. The molecule has 1 rings (SSSR count). The second-order valence-corrected chi connectivity index (χ2v) is 2.34. The molecule has 0 aromatic rings. The van der Waals surface area contributed by atoms with Gasteiger partial charge in [0.05, 0.1) is 0 Å². The van der Waals surface area contributed by atoms with Crippen LogP contribution in [0.3, 0.4) is 0 Å². The maximum Gasteiger partial charge on any atom is 0.140 e. The zero-order valence-corrected chi connectivity index (χ0v) is 5.63. The third kappa shape index (κ3) is 1.03. The minimum atomic E-state index is -0.196. The maximum atomic E-state index is 8.95. The van der Waals surface area contributed by atoms with Crippen molar-refractivity contribution < 1.29 is 10.2 Å². The lowest BCUT2D eigenvalue weighted by atomic mass is 10.0. The SMILES string of the molecule is CC1C=C(O)C(=N)C(O)=C1. The summed E-state index contributed by atoms with van der Waals surface area (Å²) in [5.41, 5.74) is -0.196. The fourth-order valence-electron chi connectivity index (χ4n) is 0.844. The van der Waals surface area contributed by atoms with Crippen molar-refractivity contribution in [3.05, 3.63) is 23.7 Å². The summed E-state index contributed by atoms with van der Waals surface area (Å²) >= 11 is 0. The van der Waals surface area contributed by atoms with Gasteiger partial charge in [-0.3, -0.25) is 5.41 Å². The average Bonchev–Trinajstić information content (AvgIpc) is 1.82. The second-order valence-electron chi connectivity index (χ2n) is 2.34.